The minimum Gasteiger partial charge on any atom is -0.496 e. The molecule has 3 nitrogen and oxygen atoms in total. The number of carbonyl (C=O) groups is 1. The van der Waals surface area contributed by atoms with Gasteiger partial charge in [0.1, 0.15) is 11.3 Å². The fraction of sp³-hybridized carbons (Fsp3) is 0.182. The van der Waals surface area contributed by atoms with E-state index in [2.05, 4.69) is 4.74 Å². The van der Waals surface area contributed by atoms with E-state index in [1.165, 1.54) is 18.2 Å². The molecule has 0 aliphatic carbocycles. The van der Waals surface area contributed by atoms with Crippen molar-refractivity contribution in [2.75, 3.05) is 7.11 Å². The van der Waals surface area contributed by atoms with Crippen molar-refractivity contribution in [3.05, 3.63) is 35.4 Å². The second-order valence-corrected chi connectivity index (χ2v) is 3.09. The van der Waals surface area contributed by atoms with E-state index in [-0.39, 0.29) is 11.3 Å². The van der Waals surface area contributed by atoms with E-state index < -0.39 is 17.7 Å². The van der Waals surface area contributed by atoms with E-state index in [9.17, 15) is 18.0 Å². The molecule has 1 aromatic carbocycles. The van der Waals surface area contributed by atoms with Gasteiger partial charge in [0.2, 0.25) is 0 Å². The maximum atomic E-state index is 12.8. The summed E-state index contributed by atoms with van der Waals surface area (Å²) < 4.78 is 42.9. The van der Waals surface area contributed by atoms with Crippen LogP contribution in [0.15, 0.2) is 24.3 Å². The summed E-state index contributed by atoms with van der Waals surface area (Å²) in [5.74, 6) is -1.66. The fourth-order valence-electron chi connectivity index (χ4n) is 1.32. The Balaban J connectivity index is 3.35. The lowest BCUT2D eigenvalue weighted by Crippen LogP contribution is -2.09. The first-order chi connectivity index (χ1) is 7.86. The van der Waals surface area contributed by atoms with E-state index >= 15 is 0 Å². The number of benzene rings is 1. The van der Waals surface area contributed by atoms with Crippen LogP contribution < -0.4 is 4.74 Å². The number of halogens is 3. The molecule has 0 aliphatic rings. The van der Waals surface area contributed by atoms with E-state index in [0.717, 1.165) is 13.2 Å². The van der Waals surface area contributed by atoms with Crippen molar-refractivity contribution in [2.24, 2.45) is 0 Å². The first-order valence-electron chi connectivity index (χ1n) is 4.51. The zero-order chi connectivity index (χ0) is 13.1. The highest BCUT2D eigenvalue weighted by molar-refractivity contribution is 5.85. The Morgan fingerprint density at radius 1 is 1.41 bits per heavy atom. The molecule has 0 bridgehead atoms. The van der Waals surface area contributed by atoms with E-state index in [1.54, 1.807) is 0 Å². The molecule has 0 saturated heterocycles. The largest absolute Gasteiger partial charge is 0.496 e. The van der Waals surface area contributed by atoms with Crippen molar-refractivity contribution in [1.82, 2.24) is 0 Å². The number of carboxylic acids is 1. The zero-order valence-corrected chi connectivity index (χ0v) is 8.78. The highest BCUT2D eigenvalue weighted by Crippen LogP contribution is 2.39. The number of aliphatic carboxylic acids is 1. The maximum Gasteiger partial charge on any atom is 0.420 e. The van der Waals surface area contributed by atoms with Gasteiger partial charge in [-0.2, -0.15) is 13.2 Å². The van der Waals surface area contributed by atoms with Crippen LogP contribution in [0.1, 0.15) is 11.1 Å². The summed E-state index contributed by atoms with van der Waals surface area (Å²) in [4.78, 5) is 10.3. The predicted octanol–water partition coefficient (Wildman–Crippen LogP) is 2.81. The highest BCUT2D eigenvalue weighted by Gasteiger charge is 2.36. The molecule has 0 aromatic heterocycles. The van der Waals surface area contributed by atoms with Gasteiger partial charge in [-0.25, -0.2) is 4.79 Å². The topological polar surface area (TPSA) is 46.5 Å². The lowest BCUT2D eigenvalue weighted by molar-refractivity contribution is -0.139. The van der Waals surface area contributed by atoms with Crippen LogP contribution in [0.2, 0.25) is 0 Å². The lowest BCUT2D eigenvalue weighted by atomic mass is 10.1. The van der Waals surface area contributed by atoms with E-state index in [1.807, 2.05) is 0 Å². The number of alkyl halides is 3. The molecule has 17 heavy (non-hydrogen) atoms. The molecule has 0 heterocycles. The van der Waals surface area contributed by atoms with Crippen molar-refractivity contribution < 1.29 is 27.8 Å². The van der Waals surface area contributed by atoms with Gasteiger partial charge in [0, 0.05) is 6.08 Å². The summed E-state index contributed by atoms with van der Waals surface area (Å²) in [6.07, 6.45) is -3.08. The molecule has 1 rings (SSSR count). The maximum absolute atomic E-state index is 12.8. The number of methoxy groups -OCH3 is 1. The lowest BCUT2D eigenvalue weighted by Gasteiger charge is -2.14. The average Bonchev–Trinajstić information content (AvgIpc) is 2.24. The molecule has 0 atom stereocenters. The van der Waals surface area contributed by atoms with Gasteiger partial charge in [-0.3, -0.25) is 0 Å². The molecule has 1 aromatic rings. The molecular weight excluding hydrogens is 237 g/mol. The molecule has 0 radical (unpaired) electrons. The minimum absolute atomic E-state index is 0.251. The van der Waals surface area contributed by atoms with Crippen LogP contribution in [0.3, 0.4) is 0 Å². The SMILES string of the molecule is COc1cccc(/C=C/C(=O)O)c1C(F)(F)F. The first-order valence-corrected chi connectivity index (χ1v) is 4.51. The number of ether oxygens (including phenoxy) is 1. The molecule has 0 amide bonds. The summed E-state index contributed by atoms with van der Waals surface area (Å²) in [6.45, 7) is 0. The van der Waals surface area contributed by atoms with Gasteiger partial charge in [0.15, 0.2) is 0 Å². The van der Waals surface area contributed by atoms with Crippen LogP contribution in [-0.4, -0.2) is 18.2 Å². The van der Waals surface area contributed by atoms with Crippen molar-refractivity contribution >= 4 is 12.0 Å². The highest BCUT2D eigenvalue weighted by atomic mass is 19.4. The summed E-state index contributed by atoms with van der Waals surface area (Å²) in [6, 6.07) is 3.70. The molecule has 1 N–H and O–H groups in total. The third kappa shape index (κ3) is 3.24. The van der Waals surface area contributed by atoms with Crippen LogP contribution in [0.25, 0.3) is 6.08 Å². The first kappa shape index (κ1) is 13.1. The van der Waals surface area contributed by atoms with Gasteiger partial charge >= 0.3 is 12.1 Å². The quantitative estimate of drug-likeness (QED) is 0.834. The van der Waals surface area contributed by atoms with Crippen LogP contribution in [0.4, 0.5) is 13.2 Å². The monoisotopic (exact) mass is 246 g/mol. The Hall–Kier alpha value is -1.98. The Morgan fingerprint density at radius 2 is 2.06 bits per heavy atom. The van der Waals surface area contributed by atoms with Gasteiger partial charge in [-0.1, -0.05) is 12.1 Å². The van der Waals surface area contributed by atoms with Crippen LogP contribution in [0, 0.1) is 0 Å². The summed E-state index contributed by atoms with van der Waals surface area (Å²) in [7, 11) is 1.12. The van der Waals surface area contributed by atoms with Gasteiger partial charge < -0.3 is 9.84 Å². The summed E-state index contributed by atoms with van der Waals surface area (Å²) in [5, 5.41) is 8.40. The number of carboxylic acid groups (broad SMARTS) is 1. The van der Waals surface area contributed by atoms with Gasteiger partial charge in [-0.05, 0) is 17.7 Å². The van der Waals surface area contributed by atoms with E-state index in [4.69, 9.17) is 5.11 Å². The van der Waals surface area contributed by atoms with E-state index in [0.29, 0.717) is 6.08 Å². The average molecular weight is 246 g/mol. The van der Waals surface area contributed by atoms with Gasteiger partial charge in [0.05, 0.1) is 7.11 Å². The normalized spacial score (nSPS) is 11.8. The molecule has 0 spiro atoms. The van der Waals surface area contributed by atoms with Crippen LogP contribution in [0.5, 0.6) is 5.75 Å². The molecule has 0 aliphatic heterocycles. The third-order valence-corrected chi connectivity index (χ3v) is 1.97. The molecule has 0 unspecified atom stereocenters. The Kier molecular flexibility index (Phi) is 3.77. The smallest absolute Gasteiger partial charge is 0.420 e. The van der Waals surface area contributed by atoms with Crippen molar-refractivity contribution in [3.8, 4) is 5.75 Å². The molecule has 92 valence electrons. The van der Waals surface area contributed by atoms with Gasteiger partial charge in [0.25, 0.3) is 0 Å². The third-order valence-electron chi connectivity index (χ3n) is 1.97. The second-order valence-electron chi connectivity index (χ2n) is 3.09. The fourth-order valence-corrected chi connectivity index (χ4v) is 1.32. The Bertz CT molecular complexity index is 450. The Morgan fingerprint density at radius 3 is 2.53 bits per heavy atom. The van der Waals surface area contributed by atoms with Crippen LogP contribution >= 0.6 is 0 Å². The second kappa shape index (κ2) is 4.90. The standard InChI is InChI=1S/C11H9F3O3/c1-17-8-4-2-3-7(5-6-9(15)16)10(8)11(12,13)14/h2-6H,1H3,(H,15,16)/b6-5+. The predicted molar refractivity (Wildman–Crippen MR) is 54.7 cm³/mol. The van der Waals surface area contributed by atoms with Crippen molar-refractivity contribution in [1.29, 1.82) is 0 Å². The molecule has 0 saturated carbocycles. The molecule has 0 fully saturated rings. The van der Waals surface area contributed by atoms with Crippen molar-refractivity contribution in [3.63, 3.8) is 0 Å². The molecule has 6 heteroatoms. The number of hydrogen-bond donors (Lipinski definition) is 1. The van der Waals surface area contributed by atoms with Crippen LogP contribution in [-0.2, 0) is 11.0 Å². The van der Waals surface area contributed by atoms with Crippen molar-refractivity contribution in [2.45, 2.75) is 6.18 Å². The molecular formula is C11H9F3O3. The summed E-state index contributed by atoms with van der Waals surface area (Å²) >= 11 is 0. The number of rotatable bonds is 3. The Labute approximate surface area is 95.1 Å². The summed E-state index contributed by atoms with van der Waals surface area (Å²) in [5.41, 5.74) is -1.24. The zero-order valence-electron chi connectivity index (χ0n) is 8.78. The minimum atomic E-state index is -4.61. The van der Waals surface area contributed by atoms with Gasteiger partial charge in [-0.15, -0.1) is 0 Å². The number of hydrogen-bond acceptors (Lipinski definition) is 2.